The molecule has 0 radical (unpaired) electrons. The Kier molecular flexibility index (Phi) is 6.20. The quantitative estimate of drug-likeness (QED) is 0.482. The van der Waals surface area contributed by atoms with Gasteiger partial charge in [0.1, 0.15) is 0 Å². The van der Waals surface area contributed by atoms with Crippen LogP contribution in [-0.2, 0) is 19.2 Å². The summed E-state index contributed by atoms with van der Waals surface area (Å²) in [4.78, 5) is 45.8. The summed E-state index contributed by atoms with van der Waals surface area (Å²) in [5.74, 6) is -6.26. The van der Waals surface area contributed by atoms with E-state index in [4.69, 9.17) is 0 Å². The Hall–Kier alpha value is -2.12. The van der Waals surface area contributed by atoms with Crippen molar-refractivity contribution in [1.29, 1.82) is 0 Å². The van der Waals surface area contributed by atoms with Crippen molar-refractivity contribution in [3.8, 4) is 0 Å². The smallest absolute Gasteiger partial charge is 0.320 e. The van der Waals surface area contributed by atoms with E-state index in [1.54, 1.807) is 0 Å². The normalized spacial score (nSPS) is 24.5. The van der Waals surface area contributed by atoms with Crippen molar-refractivity contribution >= 4 is 23.9 Å². The second kappa shape index (κ2) is 7.41. The molecule has 1 aliphatic carbocycles. The van der Waals surface area contributed by atoms with Crippen LogP contribution < -0.4 is 0 Å². The number of aliphatic carboxylic acids is 4. The molecule has 0 aromatic carbocycles. The number of hydrogen-bond acceptors (Lipinski definition) is 4. The Balaban J connectivity index is 3.12. The fourth-order valence-electron chi connectivity index (χ4n) is 3.66. The van der Waals surface area contributed by atoms with Gasteiger partial charge < -0.3 is 20.4 Å². The third-order valence-corrected chi connectivity index (χ3v) is 5.63. The summed E-state index contributed by atoms with van der Waals surface area (Å²) in [5.41, 5.74) is -3.96. The molecule has 0 aromatic rings. The van der Waals surface area contributed by atoms with Crippen LogP contribution in [0.4, 0.5) is 0 Å². The first-order chi connectivity index (χ1) is 11.3. The van der Waals surface area contributed by atoms with Crippen LogP contribution in [0.5, 0.6) is 0 Å². The third-order valence-electron chi connectivity index (χ3n) is 5.63. The summed E-state index contributed by atoms with van der Waals surface area (Å²) in [5, 5.41) is 37.3. The predicted octanol–water partition coefficient (Wildman–Crippen LogP) is 2.17. The molecular weight excluding hydrogens is 332 g/mol. The van der Waals surface area contributed by atoms with Crippen molar-refractivity contribution < 1.29 is 39.6 Å². The molecule has 4 N–H and O–H groups in total. The molecule has 0 heterocycles. The van der Waals surface area contributed by atoms with Gasteiger partial charge in [-0.25, -0.2) is 0 Å². The van der Waals surface area contributed by atoms with Crippen molar-refractivity contribution in [2.45, 2.75) is 52.9 Å². The maximum atomic E-state index is 11.5. The van der Waals surface area contributed by atoms with E-state index in [2.05, 4.69) is 0 Å². The van der Waals surface area contributed by atoms with Gasteiger partial charge >= 0.3 is 23.9 Å². The van der Waals surface area contributed by atoms with Gasteiger partial charge in [0.15, 0.2) is 10.8 Å². The molecule has 142 valence electrons. The van der Waals surface area contributed by atoms with Crippen LogP contribution in [-0.4, -0.2) is 44.3 Å². The molecule has 0 aliphatic heterocycles. The zero-order valence-electron chi connectivity index (χ0n) is 14.7. The highest BCUT2D eigenvalue weighted by Crippen LogP contribution is 2.45. The molecule has 0 amide bonds. The van der Waals surface area contributed by atoms with E-state index >= 15 is 0 Å². The fourth-order valence-corrected chi connectivity index (χ4v) is 3.66. The van der Waals surface area contributed by atoms with Crippen LogP contribution in [0.1, 0.15) is 52.9 Å². The lowest BCUT2D eigenvalue weighted by Gasteiger charge is -2.40. The first-order valence-electron chi connectivity index (χ1n) is 8.28. The van der Waals surface area contributed by atoms with Gasteiger partial charge in [-0.2, -0.15) is 0 Å². The van der Waals surface area contributed by atoms with Crippen LogP contribution in [0, 0.1) is 28.6 Å². The second-order valence-corrected chi connectivity index (χ2v) is 7.73. The summed E-state index contributed by atoms with van der Waals surface area (Å²) >= 11 is 0. The van der Waals surface area contributed by atoms with Gasteiger partial charge in [-0.1, -0.05) is 13.3 Å². The van der Waals surface area contributed by atoms with Gasteiger partial charge in [0.05, 0.1) is 0 Å². The summed E-state index contributed by atoms with van der Waals surface area (Å²) < 4.78 is 0. The summed E-state index contributed by atoms with van der Waals surface area (Å²) in [6, 6.07) is 0. The lowest BCUT2D eigenvalue weighted by molar-refractivity contribution is -0.169. The average Bonchev–Trinajstić information content (AvgIpc) is 2.48. The van der Waals surface area contributed by atoms with Gasteiger partial charge in [0.2, 0.25) is 0 Å². The number of carboxylic acids is 4. The van der Waals surface area contributed by atoms with E-state index in [1.807, 2.05) is 6.92 Å². The van der Waals surface area contributed by atoms with Crippen LogP contribution in [0.25, 0.3) is 0 Å². The van der Waals surface area contributed by atoms with Crippen molar-refractivity contribution in [3.05, 3.63) is 0 Å². The lowest BCUT2D eigenvalue weighted by Crippen LogP contribution is -2.43. The summed E-state index contributed by atoms with van der Waals surface area (Å²) in [6.07, 6.45) is 1.58. The Bertz CT molecular complexity index is 539. The van der Waals surface area contributed by atoms with Gasteiger partial charge in [-0.15, -0.1) is 0 Å². The first kappa shape index (κ1) is 20.9. The highest BCUT2D eigenvalue weighted by Gasteiger charge is 2.49. The molecule has 1 aliphatic rings. The molecule has 1 rings (SSSR count). The third kappa shape index (κ3) is 4.29. The maximum Gasteiger partial charge on any atom is 0.320 e. The van der Waals surface area contributed by atoms with Crippen LogP contribution >= 0.6 is 0 Å². The Labute approximate surface area is 145 Å². The second-order valence-electron chi connectivity index (χ2n) is 7.73. The Morgan fingerprint density at radius 3 is 1.48 bits per heavy atom. The standard InChI is InChI=1S/C17H26O8/c1-9-4-5-10(7-16(2,12(18)19)13(20)21)11(6-9)8-17(3,14(22)23)15(24)25/h9-11H,4-8H2,1-3H3,(H,18,19)(H,20,21)(H,22,23)(H,24,25). The molecule has 0 bridgehead atoms. The molecule has 8 nitrogen and oxygen atoms in total. The molecule has 0 saturated heterocycles. The van der Waals surface area contributed by atoms with Gasteiger partial charge in [-0.3, -0.25) is 19.2 Å². The molecule has 1 saturated carbocycles. The molecule has 3 atom stereocenters. The van der Waals surface area contributed by atoms with E-state index in [0.717, 1.165) is 20.3 Å². The molecule has 0 spiro atoms. The molecule has 0 aromatic heterocycles. The molecular formula is C17H26O8. The maximum absolute atomic E-state index is 11.5. The lowest BCUT2D eigenvalue weighted by atomic mass is 9.63. The molecule has 8 heteroatoms. The van der Waals surface area contributed by atoms with Crippen LogP contribution in [0.2, 0.25) is 0 Å². The Morgan fingerprint density at radius 1 is 0.760 bits per heavy atom. The SMILES string of the molecule is CC1CCC(CC(C)(C(=O)O)C(=O)O)C(CC(C)(C(=O)O)C(=O)O)C1. The fraction of sp³-hybridized carbons (Fsp3) is 0.765. The van der Waals surface area contributed by atoms with E-state index in [1.165, 1.54) is 0 Å². The monoisotopic (exact) mass is 358 g/mol. The molecule has 3 unspecified atom stereocenters. The molecule has 1 fully saturated rings. The number of carbonyl (C=O) groups is 4. The van der Waals surface area contributed by atoms with Gasteiger partial charge in [0.25, 0.3) is 0 Å². The van der Waals surface area contributed by atoms with E-state index in [9.17, 15) is 39.6 Å². The average molecular weight is 358 g/mol. The topological polar surface area (TPSA) is 149 Å². The summed E-state index contributed by atoms with van der Waals surface area (Å²) in [6.45, 7) is 4.25. The van der Waals surface area contributed by atoms with Crippen molar-refractivity contribution in [1.82, 2.24) is 0 Å². The van der Waals surface area contributed by atoms with E-state index in [-0.39, 0.29) is 30.6 Å². The van der Waals surface area contributed by atoms with Crippen molar-refractivity contribution in [2.24, 2.45) is 28.6 Å². The summed E-state index contributed by atoms with van der Waals surface area (Å²) in [7, 11) is 0. The van der Waals surface area contributed by atoms with Crippen molar-refractivity contribution in [3.63, 3.8) is 0 Å². The number of carboxylic acid groups (broad SMARTS) is 4. The predicted molar refractivity (Wildman–Crippen MR) is 86.0 cm³/mol. The highest BCUT2D eigenvalue weighted by atomic mass is 16.4. The van der Waals surface area contributed by atoms with E-state index < -0.39 is 34.7 Å². The zero-order chi connectivity index (χ0) is 19.6. The minimum absolute atomic E-state index is 0.148. The van der Waals surface area contributed by atoms with Gasteiger partial charge in [-0.05, 0) is 57.3 Å². The first-order valence-corrected chi connectivity index (χ1v) is 8.28. The van der Waals surface area contributed by atoms with Crippen LogP contribution in [0.3, 0.4) is 0 Å². The highest BCUT2D eigenvalue weighted by molar-refractivity contribution is 5.98. The minimum Gasteiger partial charge on any atom is -0.480 e. The van der Waals surface area contributed by atoms with E-state index in [0.29, 0.717) is 12.8 Å². The number of hydrogen-bond donors (Lipinski definition) is 4. The van der Waals surface area contributed by atoms with Crippen LogP contribution in [0.15, 0.2) is 0 Å². The molecule has 25 heavy (non-hydrogen) atoms. The largest absolute Gasteiger partial charge is 0.480 e. The Morgan fingerprint density at radius 2 is 1.12 bits per heavy atom. The number of rotatable bonds is 8. The van der Waals surface area contributed by atoms with Crippen molar-refractivity contribution in [2.75, 3.05) is 0 Å². The zero-order valence-corrected chi connectivity index (χ0v) is 14.7. The van der Waals surface area contributed by atoms with Gasteiger partial charge in [0, 0.05) is 0 Å². The minimum atomic E-state index is -1.98.